The molecule has 0 aliphatic carbocycles. The number of benzene rings is 2. The van der Waals surface area contributed by atoms with Crippen molar-refractivity contribution in [2.45, 2.75) is 36.5 Å². The summed E-state index contributed by atoms with van der Waals surface area (Å²) in [5, 5.41) is 34.9. The fraction of sp³-hybridized carbons (Fsp3) is 0.333. The van der Waals surface area contributed by atoms with E-state index in [0.717, 1.165) is 4.90 Å². The summed E-state index contributed by atoms with van der Waals surface area (Å²) in [6.45, 7) is -0.676. The molecule has 2 aromatic rings. The Labute approximate surface area is 176 Å². The molecule has 10 nitrogen and oxygen atoms in total. The Morgan fingerprint density at radius 2 is 1.58 bits per heavy atom. The van der Waals surface area contributed by atoms with Crippen molar-refractivity contribution in [1.82, 2.24) is 4.90 Å². The monoisotopic (exact) mass is 424 g/mol. The maximum atomic E-state index is 13.1. The van der Waals surface area contributed by atoms with E-state index in [9.17, 15) is 30.4 Å². The number of aliphatic hydroxyl groups is 3. The van der Waals surface area contributed by atoms with Gasteiger partial charge in [0.15, 0.2) is 5.72 Å². The first-order valence-electron chi connectivity index (χ1n) is 9.65. The first-order chi connectivity index (χ1) is 14.9. The molecule has 1 fully saturated rings. The number of carbonyl (C=O) groups is 2. The predicted molar refractivity (Wildman–Crippen MR) is 107 cm³/mol. The van der Waals surface area contributed by atoms with Crippen LogP contribution in [0.2, 0.25) is 0 Å². The molecule has 160 valence electrons. The van der Waals surface area contributed by atoms with E-state index in [1.165, 1.54) is 12.1 Å². The van der Waals surface area contributed by atoms with E-state index in [1.54, 1.807) is 42.5 Å². The fourth-order valence-electron chi connectivity index (χ4n) is 4.26. The van der Waals surface area contributed by atoms with Gasteiger partial charge in [-0.15, -0.1) is 0 Å². The zero-order chi connectivity index (χ0) is 22.2. The topological polar surface area (TPSA) is 156 Å². The lowest BCUT2D eigenvalue weighted by Crippen LogP contribution is -2.70. The van der Waals surface area contributed by atoms with Crippen LogP contribution < -0.4 is 0 Å². The van der Waals surface area contributed by atoms with Gasteiger partial charge in [-0.3, -0.25) is 14.5 Å². The minimum atomic E-state index is -1.96. The molecule has 0 spiro atoms. The maximum absolute atomic E-state index is 13.1. The van der Waals surface area contributed by atoms with Crippen molar-refractivity contribution in [3.05, 3.63) is 81.7 Å². The van der Waals surface area contributed by atoms with E-state index >= 15 is 0 Å². The van der Waals surface area contributed by atoms with E-state index in [-0.39, 0.29) is 17.5 Å². The maximum Gasteiger partial charge on any atom is 0.262 e. The standard InChI is InChI=1S/C21H20N4O6/c22-24-23-21(10-12-6-2-1-3-7-12)18(17(28)16(27)15(11-26)31-21)25-19(29)13-8-4-5-9-14(13)20(25)30/h1-9,15-18,26-28H,10-11H2/t15-,16-,17+,18-,21?/m1/s1. The van der Waals surface area contributed by atoms with E-state index in [1.807, 2.05) is 0 Å². The molecular formula is C21H20N4O6. The molecule has 0 bridgehead atoms. The molecule has 2 aliphatic rings. The second-order valence-electron chi connectivity index (χ2n) is 7.49. The summed E-state index contributed by atoms with van der Waals surface area (Å²) in [6, 6.07) is 13.3. The second kappa shape index (κ2) is 8.10. The third-order valence-electron chi connectivity index (χ3n) is 5.67. The summed E-state index contributed by atoms with van der Waals surface area (Å²) in [6.07, 6.45) is -4.77. The van der Waals surface area contributed by atoms with E-state index in [2.05, 4.69) is 10.0 Å². The number of carbonyl (C=O) groups excluding carboxylic acids is 2. The summed E-state index contributed by atoms with van der Waals surface area (Å²) < 4.78 is 5.84. The van der Waals surface area contributed by atoms with Crippen molar-refractivity contribution in [2.24, 2.45) is 5.11 Å². The van der Waals surface area contributed by atoms with Crippen LogP contribution in [-0.2, 0) is 11.2 Å². The molecule has 3 N–H and O–H groups in total. The van der Waals surface area contributed by atoms with Crippen molar-refractivity contribution < 1.29 is 29.6 Å². The number of aliphatic hydroxyl groups excluding tert-OH is 3. The van der Waals surface area contributed by atoms with Crippen LogP contribution in [0.3, 0.4) is 0 Å². The van der Waals surface area contributed by atoms with Crippen molar-refractivity contribution in [3.63, 3.8) is 0 Å². The minimum absolute atomic E-state index is 0.115. The lowest BCUT2D eigenvalue weighted by molar-refractivity contribution is -0.247. The van der Waals surface area contributed by atoms with Crippen LogP contribution in [0, 0.1) is 0 Å². The Morgan fingerprint density at radius 1 is 1.00 bits per heavy atom. The zero-order valence-electron chi connectivity index (χ0n) is 16.3. The normalized spacial score (nSPS) is 30.1. The van der Waals surface area contributed by atoms with Crippen LogP contribution in [0.1, 0.15) is 26.3 Å². The number of amides is 2. The molecule has 2 heterocycles. The van der Waals surface area contributed by atoms with Crippen molar-refractivity contribution >= 4 is 11.8 Å². The molecule has 10 heteroatoms. The molecule has 0 aromatic heterocycles. The molecule has 2 aromatic carbocycles. The van der Waals surface area contributed by atoms with Crippen LogP contribution >= 0.6 is 0 Å². The molecule has 1 saturated heterocycles. The SMILES string of the molecule is [N-]=[N+]=NC1(Cc2ccccc2)O[C@H](CO)[C@@H](O)[C@H](O)[C@H]1N1C(=O)c2ccccc2C1=O. The number of ether oxygens (including phenoxy) is 1. The lowest BCUT2D eigenvalue weighted by Gasteiger charge is -2.50. The molecule has 2 aliphatic heterocycles. The molecule has 2 amide bonds. The summed E-state index contributed by atoms with van der Waals surface area (Å²) in [7, 11) is 0. The minimum Gasteiger partial charge on any atom is -0.394 e. The average Bonchev–Trinajstić information content (AvgIpc) is 3.03. The first-order valence-corrected chi connectivity index (χ1v) is 9.65. The third kappa shape index (κ3) is 3.36. The van der Waals surface area contributed by atoms with Gasteiger partial charge in [-0.2, -0.15) is 0 Å². The zero-order valence-corrected chi connectivity index (χ0v) is 16.3. The highest BCUT2D eigenvalue weighted by Crippen LogP contribution is 2.40. The molecule has 5 atom stereocenters. The first kappa shape index (κ1) is 21.0. The summed E-state index contributed by atoms with van der Waals surface area (Å²) >= 11 is 0. The van der Waals surface area contributed by atoms with Crippen LogP contribution in [0.4, 0.5) is 0 Å². The highest BCUT2D eigenvalue weighted by molar-refractivity contribution is 6.21. The van der Waals surface area contributed by atoms with Crippen LogP contribution in [0.25, 0.3) is 10.4 Å². The van der Waals surface area contributed by atoms with Gasteiger partial charge >= 0.3 is 0 Å². The van der Waals surface area contributed by atoms with E-state index < -0.39 is 48.5 Å². The van der Waals surface area contributed by atoms with Crippen molar-refractivity contribution in [2.75, 3.05) is 6.61 Å². The smallest absolute Gasteiger partial charge is 0.262 e. The number of fused-ring (bicyclic) bond motifs is 1. The number of rotatable bonds is 5. The molecule has 31 heavy (non-hydrogen) atoms. The van der Waals surface area contributed by atoms with Gasteiger partial charge in [0.25, 0.3) is 11.8 Å². The van der Waals surface area contributed by atoms with E-state index in [0.29, 0.717) is 5.56 Å². The van der Waals surface area contributed by atoms with Crippen molar-refractivity contribution in [3.8, 4) is 0 Å². The van der Waals surface area contributed by atoms with Gasteiger partial charge in [0, 0.05) is 11.3 Å². The number of hydrogen-bond acceptors (Lipinski definition) is 7. The molecule has 0 saturated carbocycles. The predicted octanol–water partition coefficient (Wildman–Crippen LogP) is 1.01. The summed E-state index contributed by atoms with van der Waals surface area (Å²) in [5.41, 5.74) is 8.26. The third-order valence-corrected chi connectivity index (χ3v) is 5.67. The molecule has 1 unspecified atom stereocenters. The quantitative estimate of drug-likeness (QED) is 0.281. The van der Waals surface area contributed by atoms with Gasteiger partial charge < -0.3 is 20.1 Å². The van der Waals surface area contributed by atoms with Gasteiger partial charge in [0.05, 0.1) is 17.7 Å². The number of nitrogens with zero attached hydrogens (tertiary/aromatic N) is 4. The van der Waals surface area contributed by atoms with Crippen LogP contribution in [0.5, 0.6) is 0 Å². The number of hydrogen-bond donors (Lipinski definition) is 3. The molecular weight excluding hydrogens is 404 g/mol. The highest BCUT2D eigenvalue weighted by atomic mass is 16.6. The van der Waals surface area contributed by atoms with Crippen LogP contribution in [-0.4, -0.2) is 68.7 Å². The highest BCUT2D eigenvalue weighted by Gasteiger charge is 2.59. The van der Waals surface area contributed by atoms with Crippen molar-refractivity contribution in [1.29, 1.82) is 0 Å². The Balaban J connectivity index is 1.86. The largest absolute Gasteiger partial charge is 0.394 e. The van der Waals surface area contributed by atoms with Gasteiger partial charge in [-0.25, -0.2) is 0 Å². The fourth-order valence-corrected chi connectivity index (χ4v) is 4.26. The second-order valence-corrected chi connectivity index (χ2v) is 7.49. The van der Waals surface area contributed by atoms with Gasteiger partial charge in [-0.1, -0.05) is 47.6 Å². The van der Waals surface area contributed by atoms with E-state index in [4.69, 9.17) is 4.74 Å². The average molecular weight is 424 g/mol. The number of imide groups is 1. The Kier molecular flexibility index (Phi) is 5.48. The lowest BCUT2D eigenvalue weighted by atomic mass is 9.83. The van der Waals surface area contributed by atoms with Crippen LogP contribution in [0.15, 0.2) is 59.7 Å². The summed E-state index contributed by atoms with van der Waals surface area (Å²) in [4.78, 5) is 29.9. The van der Waals surface area contributed by atoms with Gasteiger partial charge in [0.2, 0.25) is 0 Å². The Bertz CT molecular complexity index is 1020. The Morgan fingerprint density at radius 3 is 2.13 bits per heavy atom. The summed E-state index contributed by atoms with van der Waals surface area (Å²) in [5.74, 6) is -1.40. The van der Waals surface area contributed by atoms with Gasteiger partial charge in [0.1, 0.15) is 24.4 Å². The Hall–Kier alpha value is -3.27. The number of azide groups is 1. The molecule has 4 rings (SSSR count). The van der Waals surface area contributed by atoms with Gasteiger partial charge in [-0.05, 0) is 23.2 Å². The molecule has 0 radical (unpaired) electrons.